The minimum absolute atomic E-state index is 0.194. The number of nitrogens with two attached hydrogens (primary N) is 1. The van der Waals surface area contributed by atoms with Gasteiger partial charge in [0, 0.05) is 10.0 Å². The lowest BCUT2D eigenvalue weighted by Gasteiger charge is -2.19. The van der Waals surface area contributed by atoms with Gasteiger partial charge in [-0.25, -0.2) is 4.39 Å². The zero-order valence-electron chi connectivity index (χ0n) is 8.70. The highest BCUT2D eigenvalue weighted by atomic mass is 79.9. The number of hydrogen-bond acceptors (Lipinski definition) is 1. The molecule has 3 heteroatoms. The minimum atomic E-state index is -0.374. The zero-order valence-corrected chi connectivity index (χ0v) is 10.3. The van der Waals surface area contributed by atoms with Gasteiger partial charge in [-0.15, -0.1) is 0 Å². The van der Waals surface area contributed by atoms with Crippen LogP contribution < -0.4 is 5.73 Å². The topological polar surface area (TPSA) is 26.0 Å². The van der Waals surface area contributed by atoms with Crippen molar-refractivity contribution in [3.05, 3.63) is 33.5 Å². The lowest BCUT2D eigenvalue weighted by atomic mass is 9.95. The molecule has 1 aromatic rings. The van der Waals surface area contributed by atoms with Crippen molar-refractivity contribution in [2.75, 3.05) is 0 Å². The van der Waals surface area contributed by atoms with Gasteiger partial charge in [0.25, 0.3) is 0 Å². The largest absolute Gasteiger partial charge is 0.325 e. The van der Waals surface area contributed by atoms with Gasteiger partial charge in [-0.2, -0.15) is 0 Å². The van der Waals surface area contributed by atoms with Crippen LogP contribution in [0.15, 0.2) is 16.6 Å². The second kappa shape index (κ2) is 3.99. The smallest absolute Gasteiger partial charge is 0.127 e. The summed E-state index contributed by atoms with van der Waals surface area (Å²) in [6.07, 6.45) is 0.549. The maximum Gasteiger partial charge on any atom is 0.127 e. The van der Waals surface area contributed by atoms with E-state index in [9.17, 15) is 4.39 Å². The van der Waals surface area contributed by atoms with E-state index in [4.69, 9.17) is 5.73 Å². The Balaban J connectivity index is 3.04. The molecular weight excluding hydrogens is 245 g/mol. The summed E-state index contributed by atoms with van der Waals surface area (Å²) in [4.78, 5) is 0. The van der Waals surface area contributed by atoms with E-state index in [2.05, 4.69) is 15.9 Å². The molecule has 0 unspecified atom stereocenters. The molecule has 0 aromatic heterocycles. The Morgan fingerprint density at radius 2 is 2.00 bits per heavy atom. The van der Waals surface area contributed by atoms with Crippen LogP contribution in [0.5, 0.6) is 0 Å². The molecule has 2 N–H and O–H groups in total. The molecule has 1 aromatic carbocycles. The van der Waals surface area contributed by atoms with Crippen LogP contribution in [0.3, 0.4) is 0 Å². The Bertz CT molecular complexity index is 342. The summed E-state index contributed by atoms with van der Waals surface area (Å²) in [7, 11) is 0. The van der Waals surface area contributed by atoms with Crippen LogP contribution in [0, 0.1) is 12.7 Å². The summed E-state index contributed by atoms with van der Waals surface area (Å²) in [6, 6.07) is 3.34. The highest BCUT2D eigenvalue weighted by molar-refractivity contribution is 9.10. The van der Waals surface area contributed by atoms with Crippen LogP contribution in [0.1, 0.15) is 25.0 Å². The summed E-state index contributed by atoms with van der Waals surface area (Å²) in [5.41, 5.74) is 7.18. The molecule has 0 saturated carbocycles. The molecule has 0 bridgehead atoms. The van der Waals surface area contributed by atoms with Gasteiger partial charge in [0.05, 0.1) is 0 Å². The molecule has 14 heavy (non-hydrogen) atoms. The van der Waals surface area contributed by atoms with Crippen LogP contribution in [-0.4, -0.2) is 5.54 Å². The number of rotatable bonds is 2. The van der Waals surface area contributed by atoms with Crippen molar-refractivity contribution in [2.24, 2.45) is 5.73 Å². The third-order valence-electron chi connectivity index (χ3n) is 1.97. The maximum absolute atomic E-state index is 13.5. The van der Waals surface area contributed by atoms with Crippen LogP contribution in [0.4, 0.5) is 4.39 Å². The predicted molar refractivity (Wildman–Crippen MR) is 60.8 cm³/mol. The van der Waals surface area contributed by atoms with E-state index >= 15 is 0 Å². The second-order valence-electron chi connectivity index (χ2n) is 4.36. The highest BCUT2D eigenvalue weighted by Gasteiger charge is 2.15. The molecule has 0 spiro atoms. The quantitative estimate of drug-likeness (QED) is 0.868. The van der Waals surface area contributed by atoms with Crippen molar-refractivity contribution in [3.63, 3.8) is 0 Å². The first kappa shape index (κ1) is 11.7. The van der Waals surface area contributed by atoms with E-state index in [1.165, 1.54) is 6.07 Å². The Hall–Kier alpha value is -0.410. The highest BCUT2D eigenvalue weighted by Crippen LogP contribution is 2.22. The average molecular weight is 260 g/mol. The Labute approximate surface area is 92.6 Å². The monoisotopic (exact) mass is 259 g/mol. The van der Waals surface area contributed by atoms with Crippen LogP contribution >= 0.6 is 15.9 Å². The van der Waals surface area contributed by atoms with Gasteiger partial charge in [0.2, 0.25) is 0 Å². The van der Waals surface area contributed by atoms with E-state index in [1.807, 2.05) is 26.8 Å². The van der Waals surface area contributed by atoms with E-state index < -0.39 is 0 Å². The first-order valence-electron chi connectivity index (χ1n) is 4.53. The van der Waals surface area contributed by atoms with Crippen molar-refractivity contribution < 1.29 is 4.39 Å². The summed E-state index contributed by atoms with van der Waals surface area (Å²) >= 11 is 3.29. The molecule has 0 aliphatic rings. The fourth-order valence-corrected chi connectivity index (χ4v) is 1.66. The van der Waals surface area contributed by atoms with Crippen molar-refractivity contribution in [2.45, 2.75) is 32.7 Å². The second-order valence-corrected chi connectivity index (χ2v) is 5.21. The molecule has 0 fully saturated rings. The molecule has 0 aliphatic heterocycles. The number of aryl methyl sites for hydroxylation is 1. The number of benzene rings is 1. The standard InChI is InChI=1S/C11H15BrFN/c1-7-4-8(6-11(2,3)14)10(13)5-9(7)12/h4-5H,6,14H2,1-3H3. The first-order chi connectivity index (χ1) is 6.29. The van der Waals surface area contributed by atoms with E-state index in [0.29, 0.717) is 12.0 Å². The predicted octanol–water partition coefficient (Wildman–Crippen LogP) is 3.18. The van der Waals surface area contributed by atoms with Gasteiger partial charge in [-0.1, -0.05) is 22.0 Å². The van der Waals surface area contributed by atoms with Crippen molar-refractivity contribution in [3.8, 4) is 0 Å². The molecule has 0 aliphatic carbocycles. The minimum Gasteiger partial charge on any atom is -0.325 e. The van der Waals surface area contributed by atoms with Gasteiger partial charge in [0.15, 0.2) is 0 Å². The lowest BCUT2D eigenvalue weighted by Crippen LogP contribution is -2.34. The Morgan fingerprint density at radius 1 is 1.43 bits per heavy atom. The maximum atomic E-state index is 13.5. The molecule has 1 rings (SSSR count). The third kappa shape index (κ3) is 3.07. The average Bonchev–Trinajstić information content (AvgIpc) is 1.97. The zero-order chi connectivity index (χ0) is 10.9. The lowest BCUT2D eigenvalue weighted by molar-refractivity contribution is 0.496. The van der Waals surface area contributed by atoms with Gasteiger partial charge in [-0.05, 0) is 44.4 Å². The normalized spacial score (nSPS) is 11.9. The van der Waals surface area contributed by atoms with Gasteiger partial charge < -0.3 is 5.73 Å². The first-order valence-corrected chi connectivity index (χ1v) is 5.32. The third-order valence-corrected chi connectivity index (χ3v) is 2.83. The molecular formula is C11H15BrFN. The summed E-state index contributed by atoms with van der Waals surface area (Å²) in [6.45, 7) is 5.73. The van der Waals surface area contributed by atoms with Crippen LogP contribution in [0.2, 0.25) is 0 Å². The van der Waals surface area contributed by atoms with E-state index in [1.54, 1.807) is 0 Å². The molecule has 0 heterocycles. The Kier molecular flexibility index (Phi) is 3.32. The van der Waals surface area contributed by atoms with Gasteiger partial charge >= 0.3 is 0 Å². The van der Waals surface area contributed by atoms with Crippen molar-refractivity contribution in [1.82, 2.24) is 0 Å². The fraction of sp³-hybridized carbons (Fsp3) is 0.455. The SMILES string of the molecule is Cc1cc(CC(C)(C)N)c(F)cc1Br. The fourth-order valence-electron chi connectivity index (χ4n) is 1.34. The van der Waals surface area contributed by atoms with E-state index in [0.717, 1.165) is 10.0 Å². The molecule has 0 saturated heterocycles. The van der Waals surface area contributed by atoms with Gasteiger partial charge in [-0.3, -0.25) is 0 Å². The summed E-state index contributed by atoms with van der Waals surface area (Å²) in [5, 5.41) is 0. The molecule has 0 amide bonds. The molecule has 0 radical (unpaired) electrons. The van der Waals surface area contributed by atoms with E-state index in [-0.39, 0.29) is 11.4 Å². The number of halogens is 2. The summed E-state index contributed by atoms with van der Waals surface area (Å²) in [5.74, 6) is -0.194. The molecule has 1 nitrogen and oxygen atoms in total. The van der Waals surface area contributed by atoms with Crippen molar-refractivity contribution in [1.29, 1.82) is 0 Å². The summed E-state index contributed by atoms with van der Waals surface area (Å²) < 4.78 is 14.3. The molecule has 0 atom stereocenters. The van der Waals surface area contributed by atoms with Crippen LogP contribution in [0.25, 0.3) is 0 Å². The van der Waals surface area contributed by atoms with Crippen molar-refractivity contribution >= 4 is 15.9 Å². The Morgan fingerprint density at radius 3 is 2.50 bits per heavy atom. The van der Waals surface area contributed by atoms with Gasteiger partial charge in [0.1, 0.15) is 5.82 Å². The van der Waals surface area contributed by atoms with Crippen LogP contribution in [-0.2, 0) is 6.42 Å². The number of hydrogen-bond donors (Lipinski definition) is 1. The molecule has 78 valence electrons.